The highest BCUT2D eigenvalue weighted by Crippen LogP contribution is 2.56. The Morgan fingerprint density at radius 3 is 1.56 bits per heavy atom. The van der Waals surface area contributed by atoms with Crippen LogP contribution < -0.4 is 0 Å². The Morgan fingerprint density at radius 2 is 0.889 bits per heavy atom. The molecule has 1 fully saturated rings. The van der Waals surface area contributed by atoms with Gasteiger partial charge in [0.15, 0.2) is 0 Å². The third-order valence-electron chi connectivity index (χ3n) is 11.7. The summed E-state index contributed by atoms with van der Waals surface area (Å²) in [6.07, 6.45) is 13.8. The predicted molar refractivity (Wildman–Crippen MR) is 222 cm³/mol. The largest absolute Gasteiger partial charge is 0.264 e. The van der Waals surface area contributed by atoms with Gasteiger partial charge in [-0.25, -0.2) is 4.98 Å². The number of hydrogen-bond donors (Lipinski definition) is 0. The lowest BCUT2D eigenvalue weighted by Crippen LogP contribution is -2.28. The lowest BCUT2D eigenvalue weighted by atomic mass is 9.67. The Bertz CT molecular complexity index is 2560. The van der Waals surface area contributed by atoms with E-state index in [4.69, 9.17) is 4.98 Å². The fourth-order valence-electron chi connectivity index (χ4n) is 8.96. The maximum Gasteiger partial charge on any atom is 0.0731 e. The van der Waals surface area contributed by atoms with Crippen molar-refractivity contribution in [3.8, 4) is 78.1 Å². The maximum atomic E-state index is 5.08. The summed E-state index contributed by atoms with van der Waals surface area (Å²) in [5.41, 5.74) is 19.4. The number of nitrogens with zero attached hydrogens (tertiary/aromatic N) is 3. The summed E-state index contributed by atoms with van der Waals surface area (Å²) < 4.78 is 0. The van der Waals surface area contributed by atoms with E-state index in [0.29, 0.717) is 0 Å². The zero-order valence-electron chi connectivity index (χ0n) is 30.1. The second-order valence-electron chi connectivity index (χ2n) is 14.8. The minimum Gasteiger partial charge on any atom is -0.264 e. The zero-order valence-corrected chi connectivity index (χ0v) is 30.1. The number of hydrogen-bond acceptors (Lipinski definition) is 3. The molecule has 0 bridgehead atoms. The van der Waals surface area contributed by atoms with E-state index in [1.807, 2.05) is 24.5 Å². The molecular formula is C51H39N3. The quantitative estimate of drug-likeness (QED) is 0.174. The van der Waals surface area contributed by atoms with E-state index in [1.165, 1.54) is 82.2 Å². The molecule has 54 heavy (non-hydrogen) atoms. The Kier molecular flexibility index (Phi) is 8.06. The molecule has 0 N–H and O–H groups in total. The summed E-state index contributed by atoms with van der Waals surface area (Å²) in [6, 6.07) is 55.4. The third-order valence-corrected chi connectivity index (χ3v) is 11.7. The summed E-state index contributed by atoms with van der Waals surface area (Å²) in [6.45, 7) is 0. The third kappa shape index (κ3) is 5.74. The van der Waals surface area contributed by atoms with Gasteiger partial charge >= 0.3 is 0 Å². The van der Waals surface area contributed by atoms with Crippen molar-refractivity contribution in [2.24, 2.45) is 0 Å². The van der Waals surface area contributed by atoms with Crippen LogP contribution >= 0.6 is 0 Å². The fraction of sp³-hybridized carbons (Fsp3) is 0.118. The van der Waals surface area contributed by atoms with Gasteiger partial charge in [0.25, 0.3) is 0 Å². The monoisotopic (exact) mass is 693 g/mol. The standard InChI is InChI=1S/C51H39N3/c1-4-24-51(25-5-1)47-17-3-2-16-45(47)46-23-22-41(30-48(46)51)40-13-7-12-39(29-40)38-11-6-10-37(28-38)35-18-20-36(21-19-35)49-31-44(42-14-8-26-52-33-42)32-50(54-49)43-15-9-27-53-34-43/h2-3,6-23,26-34H,1,4-5,24-25H2. The highest BCUT2D eigenvalue weighted by Gasteiger charge is 2.43. The molecule has 1 saturated carbocycles. The summed E-state index contributed by atoms with van der Waals surface area (Å²) in [5.74, 6) is 0. The van der Waals surface area contributed by atoms with Gasteiger partial charge in [-0.2, -0.15) is 0 Å². The van der Waals surface area contributed by atoms with Crippen LogP contribution in [0.25, 0.3) is 78.1 Å². The molecule has 0 unspecified atom stereocenters. The molecule has 0 amide bonds. The molecule has 0 atom stereocenters. The van der Waals surface area contributed by atoms with Gasteiger partial charge in [-0.15, -0.1) is 0 Å². The Morgan fingerprint density at radius 1 is 0.352 bits per heavy atom. The van der Waals surface area contributed by atoms with Gasteiger partial charge in [0.2, 0.25) is 0 Å². The molecule has 0 radical (unpaired) electrons. The number of aromatic nitrogens is 3. The van der Waals surface area contributed by atoms with Crippen LogP contribution in [-0.2, 0) is 5.41 Å². The highest BCUT2D eigenvalue weighted by molar-refractivity contribution is 5.85. The molecule has 0 saturated heterocycles. The first-order valence-corrected chi connectivity index (χ1v) is 19.1. The normalized spacial score (nSPS) is 14.1. The molecular weight excluding hydrogens is 655 g/mol. The molecule has 10 rings (SSSR count). The average Bonchev–Trinajstić information content (AvgIpc) is 3.52. The van der Waals surface area contributed by atoms with E-state index >= 15 is 0 Å². The molecule has 3 heteroatoms. The van der Waals surface area contributed by atoms with Gasteiger partial charge in [-0.05, 0) is 123 Å². The van der Waals surface area contributed by atoms with Crippen molar-refractivity contribution in [1.82, 2.24) is 15.0 Å². The van der Waals surface area contributed by atoms with Crippen LogP contribution in [0.5, 0.6) is 0 Å². The van der Waals surface area contributed by atoms with E-state index in [1.54, 1.807) is 18.0 Å². The van der Waals surface area contributed by atoms with E-state index < -0.39 is 0 Å². The number of rotatable bonds is 6. The smallest absolute Gasteiger partial charge is 0.0731 e. The van der Waals surface area contributed by atoms with E-state index in [0.717, 1.165) is 33.6 Å². The Hall–Kier alpha value is -6.45. The van der Waals surface area contributed by atoms with Gasteiger partial charge in [-0.1, -0.05) is 122 Å². The predicted octanol–water partition coefficient (Wildman–Crippen LogP) is 13.1. The summed E-state index contributed by atoms with van der Waals surface area (Å²) in [7, 11) is 0. The molecule has 3 aromatic heterocycles. The van der Waals surface area contributed by atoms with Crippen LogP contribution in [0.3, 0.4) is 0 Å². The molecule has 3 nitrogen and oxygen atoms in total. The van der Waals surface area contributed by atoms with Crippen molar-refractivity contribution in [3.63, 3.8) is 0 Å². The van der Waals surface area contributed by atoms with Crippen LogP contribution in [-0.4, -0.2) is 15.0 Å². The van der Waals surface area contributed by atoms with Crippen LogP contribution in [0.2, 0.25) is 0 Å². The molecule has 3 heterocycles. The minimum atomic E-state index is 0.154. The Balaban J connectivity index is 0.958. The van der Waals surface area contributed by atoms with Gasteiger partial charge in [0, 0.05) is 46.9 Å². The average molecular weight is 694 g/mol. The minimum absolute atomic E-state index is 0.154. The van der Waals surface area contributed by atoms with Gasteiger partial charge in [-0.3, -0.25) is 9.97 Å². The number of benzene rings is 5. The van der Waals surface area contributed by atoms with Gasteiger partial charge in [0.05, 0.1) is 11.4 Å². The van der Waals surface area contributed by atoms with Gasteiger partial charge in [0.1, 0.15) is 0 Å². The zero-order chi connectivity index (χ0) is 35.9. The second-order valence-corrected chi connectivity index (χ2v) is 14.8. The highest BCUT2D eigenvalue weighted by atomic mass is 14.7. The number of fused-ring (bicyclic) bond motifs is 5. The van der Waals surface area contributed by atoms with Crippen molar-refractivity contribution in [1.29, 1.82) is 0 Å². The lowest BCUT2D eigenvalue weighted by molar-refractivity contribution is 0.353. The molecule has 2 aliphatic carbocycles. The number of pyridine rings is 3. The summed E-state index contributed by atoms with van der Waals surface area (Å²) in [4.78, 5) is 13.8. The second kappa shape index (κ2) is 13.5. The maximum absolute atomic E-state index is 5.08. The van der Waals surface area contributed by atoms with Crippen molar-refractivity contribution in [3.05, 3.63) is 188 Å². The molecule has 258 valence electrons. The molecule has 1 spiro atoms. The first-order valence-electron chi connectivity index (χ1n) is 19.1. The van der Waals surface area contributed by atoms with Crippen molar-refractivity contribution in [2.75, 3.05) is 0 Å². The van der Waals surface area contributed by atoms with E-state index in [-0.39, 0.29) is 5.41 Å². The van der Waals surface area contributed by atoms with Crippen molar-refractivity contribution < 1.29 is 0 Å². The van der Waals surface area contributed by atoms with Gasteiger partial charge < -0.3 is 0 Å². The van der Waals surface area contributed by atoms with Crippen LogP contribution in [0.4, 0.5) is 0 Å². The summed E-state index contributed by atoms with van der Waals surface area (Å²) in [5, 5.41) is 0. The Labute approximate surface area is 317 Å². The SMILES string of the molecule is c1cncc(-c2cc(-c3ccc(-c4cccc(-c5cccc(-c6ccc7c(c6)C6(CCCCC6)c6ccccc6-7)c5)c4)cc3)nc(-c3cccnc3)c2)c1. The first kappa shape index (κ1) is 32.2. The van der Waals surface area contributed by atoms with Crippen molar-refractivity contribution >= 4 is 0 Å². The van der Waals surface area contributed by atoms with E-state index in [9.17, 15) is 0 Å². The first-order chi connectivity index (χ1) is 26.7. The topological polar surface area (TPSA) is 38.7 Å². The fourth-order valence-corrected chi connectivity index (χ4v) is 8.96. The molecule has 5 aromatic carbocycles. The van der Waals surface area contributed by atoms with Crippen LogP contribution in [0, 0.1) is 0 Å². The lowest BCUT2D eigenvalue weighted by Gasteiger charge is -2.36. The van der Waals surface area contributed by atoms with Crippen LogP contribution in [0.15, 0.2) is 176 Å². The molecule has 2 aliphatic rings. The summed E-state index contributed by atoms with van der Waals surface area (Å²) >= 11 is 0. The van der Waals surface area contributed by atoms with Crippen molar-refractivity contribution in [2.45, 2.75) is 37.5 Å². The molecule has 0 aliphatic heterocycles. The molecule has 8 aromatic rings. The van der Waals surface area contributed by atoms with E-state index in [2.05, 4.69) is 149 Å². The van der Waals surface area contributed by atoms with Crippen LogP contribution in [0.1, 0.15) is 43.2 Å².